The molecule has 8 heteroatoms. The van der Waals surface area contributed by atoms with Crippen LogP contribution in [0.5, 0.6) is 5.75 Å². The van der Waals surface area contributed by atoms with Gasteiger partial charge in [0.15, 0.2) is 0 Å². The molecule has 4 aromatic rings. The maximum atomic E-state index is 6.19. The lowest BCUT2D eigenvalue weighted by atomic mass is 10.1. The molecule has 0 aliphatic heterocycles. The average Bonchev–Trinajstić information content (AvgIpc) is 3.19. The van der Waals surface area contributed by atoms with Crippen molar-refractivity contribution in [1.29, 1.82) is 0 Å². The van der Waals surface area contributed by atoms with Crippen LogP contribution in [0.15, 0.2) is 40.9 Å². The van der Waals surface area contributed by atoms with E-state index in [0.717, 1.165) is 40.9 Å². The summed E-state index contributed by atoms with van der Waals surface area (Å²) >= 11 is 12.0. The smallest absolute Gasteiger partial charge is 0.201 e. The summed E-state index contributed by atoms with van der Waals surface area (Å²) in [5.41, 5.74) is 11.1. The van der Waals surface area contributed by atoms with Gasteiger partial charge in [-0.1, -0.05) is 34.4 Å². The summed E-state index contributed by atoms with van der Waals surface area (Å²) in [6.07, 6.45) is 1.71. The van der Waals surface area contributed by atoms with Gasteiger partial charge in [-0.2, -0.15) is 0 Å². The number of nitrogen functional groups attached to an aromatic ring is 1. The van der Waals surface area contributed by atoms with E-state index in [0.29, 0.717) is 34.9 Å². The number of nitrogens with zero attached hydrogens (tertiary/aromatic N) is 3. The van der Waals surface area contributed by atoms with Gasteiger partial charge in [-0.25, -0.2) is 4.98 Å². The molecular formula is C22H22Cl2N4O2. The number of fused-ring (bicyclic) bond motifs is 1. The minimum Gasteiger partial charge on any atom is -0.492 e. The number of nitrogens with two attached hydrogens (primary N) is 1. The fourth-order valence-electron chi connectivity index (χ4n) is 3.45. The standard InChI is InChI=1S/C22H22Cl2N4O2/c1-13-17(14(2)30-27-13)12-28-20-7-5-15(10-19(20)26-22(28)25)4-3-9-29-21-8-6-16(23)11-18(21)24/h5-8,10-11H,3-4,9,12H2,1-2H3,(H2,25,26). The Morgan fingerprint density at radius 2 is 1.97 bits per heavy atom. The summed E-state index contributed by atoms with van der Waals surface area (Å²) < 4.78 is 13.0. The number of rotatable bonds is 7. The molecule has 0 unspecified atom stereocenters. The van der Waals surface area contributed by atoms with E-state index >= 15 is 0 Å². The first-order chi connectivity index (χ1) is 14.4. The molecule has 156 valence electrons. The predicted molar refractivity (Wildman–Crippen MR) is 120 cm³/mol. The van der Waals surface area contributed by atoms with Crippen LogP contribution >= 0.6 is 23.2 Å². The van der Waals surface area contributed by atoms with Crippen molar-refractivity contribution < 1.29 is 9.26 Å². The Kier molecular flexibility index (Phi) is 5.88. The number of hydrogen-bond donors (Lipinski definition) is 1. The number of benzene rings is 2. The molecule has 0 bridgehead atoms. The van der Waals surface area contributed by atoms with Gasteiger partial charge in [0.25, 0.3) is 0 Å². The van der Waals surface area contributed by atoms with Crippen molar-refractivity contribution in [3.63, 3.8) is 0 Å². The Labute approximate surface area is 184 Å². The summed E-state index contributed by atoms with van der Waals surface area (Å²) in [6.45, 7) is 4.97. The van der Waals surface area contributed by atoms with Crippen LogP contribution in [0, 0.1) is 13.8 Å². The highest BCUT2D eigenvalue weighted by Crippen LogP contribution is 2.28. The highest BCUT2D eigenvalue weighted by atomic mass is 35.5. The Bertz CT molecular complexity index is 1180. The van der Waals surface area contributed by atoms with Gasteiger partial charge in [0.1, 0.15) is 11.5 Å². The molecule has 0 radical (unpaired) electrons. The van der Waals surface area contributed by atoms with Crippen molar-refractivity contribution >= 4 is 40.2 Å². The lowest BCUT2D eigenvalue weighted by Gasteiger charge is -2.09. The van der Waals surface area contributed by atoms with Crippen LogP contribution in [0.4, 0.5) is 5.95 Å². The Hall–Kier alpha value is -2.70. The molecule has 0 atom stereocenters. The summed E-state index contributed by atoms with van der Waals surface area (Å²) in [5.74, 6) is 1.91. The third-order valence-corrected chi connectivity index (χ3v) is 5.63. The molecule has 2 aromatic carbocycles. The molecule has 2 N–H and O–H groups in total. The molecule has 0 spiro atoms. The fourth-order valence-corrected chi connectivity index (χ4v) is 3.92. The second-order valence-corrected chi connectivity index (χ2v) is 8.05. The third-order valence-electron chi connectivity index (χ3n) is 5.10. The van der Waals surface area contributed by atoms with E-state index in [1.807, 2.05) is 18.4 Å². The largest absolute Gasteiger partial charge is 0.492 e. The Balaban J connectivity index is 1.42. The third kappa shape index (κ3) is 4.25. The van der Waals surface area contributed by atoms with Crippen LogP contribution in [0.25, 0.3) is 11.0 Å². The molecule has 4 rings (SSSR count). The van der Waals surface area contributed by atoms with Crippen LogP contribution in [0.2, 0.25) is 10.0 Å². The minimum atomic E-state index is 0.475. The van der Waals surface area contributed by atoms with Gasteiger partial charge >= 0.3 is 0 Å². The van der Waals surface area contributed by atoms with Gasteiger partial charge < -0.3 is 19.6 Å². The van der Waals surface area contributed by atoms with Gasteiger partial charge in [-0.05, 0) is 62.6 Å². The molecule has 0 saturated heterocycles. The molecule has 0 aliphatic carbocycles. The van der Waals surface area contributed by atoms with Crippen molar-refractivity contribution in [2.45, 2.75) is 33.2 Å². The zero-order chi connectivity index (χ0) is 21.3. The number of anilines is 1. The fraction of sp³-hybridized carbons (Fsp3) is 0.273. The number of aryl methyl sites for hydroxylation is 3. The topological polar surface area (TPSA) is 79.1 Å². The van der Waals surface area contributed by atoms with Crippen molar-refractivity contribution in [3.05, 3.63) is 69.0 Å². The van der Waals surface area contributed by atoms with Gasteiger partial charge in [-0.15, -0.1) is 0 Å². The van der Waals surface area contributed by atoms with Gasteiger partial charge in [0.2, 0.25) is 5.95 Å². The molecule has 2 aromatic heterocycles. The molecule has 30 heavy (non-hydrogen) atoms. The molecular weight excluding hydrogens is 423 g/mol. The van der Waals surface area contributed by atoms with Crippen molar-refractivity contribution in [3.8, 4) is 5.75 Å². The molecule has 0 aliphatic rings. The number of imidazole rings is 1. The van der Waals surface area contributed by atoms with Crippen molar-refractivity contribution in [2.24, 2.45) is 0 Å². The first-order valence-electron chi connectivity index (χ1n) is 9.66. The van der Waals surface area contributed by atoms with E-state index in [-0.39, 0.29) is 0 Å². The Morgan fingerprint density at radius 3 is 2.70 bits per heavy atom. The molecule has 0 fully saturated rings. The van der Waals surface area contributed by atoms with Crippen molar-refractivity contribution in [1.82, 2.24) is 14.7 Å². The van der Waals surface area contributed by atoms with Crippen LogP contribution < -0.4 is 10.5 Å². The van der Waals surface area contributed by atoms with E-state index in [9.17, 15) is 0 Å². The monoisotopic (exact) mass is 444 g/mol. The lowest BCUT2D eigenvalue weighted by Crippen LogP contribution is -2.05. The number of hydrogen-bond acceptors (Lipinski definition) is 5. The van der Waals surface area contributed by atoms with E-state index in [1.165, 1.54) is 5.56 Å². The first kappa shape index (κ1) is 20.6. The van der Waals surface area contributed by atoms with Crippen LogP contribution in [0.3, 0.4) is 0 Å². The molecule has 0 saturated carbocycles. The van der Waals surface area contributed by atoms with Crippen LogP contribution in [-0.2, 0) is 13.0 Å². The Morgan fingerprint density at radius 1 is 1.13 bits per heavy atom. The second kappa shape index (κ2) is 8.58. The zero-order valence-corrected chi connectivity index (χ0v) is 18.3. The summed E-state index contributed by atoms with van der Waals surface area (Å²) in [4.78, 5) is 4.54. The van der Waals surface area contributed by atoms with E-state index < -0.39 is 0 Å². The number of aromatic nitrogens is 3. The molecule has 2 heterocycles. The predicted octanol–water partition coefficient (Wildman–Crippen LogP) is 5.59. The minimum absolute atomic E-state index is 0.475. The first-order valence-corrected chi connectivity index (χ1v) is 10.4. The highest BCUT2D eigenvalue weighted by Gasteiger charge is 2.14. The molecule has 6 nitrogen and oxygen atoms in total. The number of ether oxygens (including phenoxy) is 1. The highest BCUT2D eigenvalue weighted by molar-refractivity contribution is 6.35. The number of halogens is 2. The van der Waals surface area contributed by atoms with Crippen LogP contribution in [0.1, 0.15) is 29.0 Å². The van der Waals surface area contributed by atoms with Crippen LogP contribution in [-0.4, -0.2) is 21.3 Å². The van der Waals surface area contributed by atoms with Gasteiger partial charge in [0.05, 0.1) is 34.9 Å². The SMILES string of the molecule is Cc1noc(C)c1Cn1c(N)nc2cc(CCCOc3ccc(Cl)cc3Cl)ccc21. The zero-order valence-electron chi connectivity index (χ0n) is 16.8. The maximum absolute atomic E-state index is 6.19. The normalized spacial score (nSPS) is 11.3. The summed E-state index contributed by atoms with van der Waals surface area (Å²) in [7, 11) is 0. The summed E-state index contributed by atoms with van der Waals surface area (Å²) in [5, 5.41) is 5.13. The van der Waals surface area contributed by atoms with E-state index in [2.05, 4.69) is 28.3 Å². The second-order valence-electron chi connectivity index (χ2n) is 7.21. The molecule has 0 amide bonds. The quantitative estimate of drug-likeness (QED) is 0.375. The van der Waals surface area contributed by atoms with Crippen molar-refractivity contribution in [2.75, 3.05) is 12.3 Å². The average molecular weight is 445 g/mol. The lowest BCUT2D eigenvalue weighted by molar-refractivity contribution is 0.311. The van der Waals surface area contributed by atoms with E-state index in [1.54, 1.807) is 18.2 Å². The van der Waals surface area contributed by atoms with Gasteiger partial charge in [0, 0.05) is 10.6 Å². The van der Waals surface area contributed by atoms with E-state index in [4.69, 9.17) is 38.2 Å². The van der Waals surface area contributed by atoms with Gasteiger partial charge in [-0.3, -0.25) is 0 Å². The maximum Gasteiger partial charge on any atom is 0.201 e. The summed E-state index contributed by atoms with van der Waals surface area (Å²) in [6, 6.07) is 11.5.